The van der Waals surface area contributed by atoms with E-state index in [2.05, 4.69) is 10.6 Å². The monoisotopic (exact) mass is 386 g/mol. The second-order valence-corrected chi connectivity index (χ2v) is 7.48. The number of carbonyl (C=O) groups is 2. The Kier molecular flexibility index (Phi) is 4.91. The highest BCUT2D eigenvalue weighted by molar-refractivity contribution is 7.20. The zero-order chi connectivity index (χ0) is 19.5. The molecular weight excluding hydrogens is 368 g/mol. The number of nitrogens with one attached hydrogen (secondary N) is 2. The number of benzene rings is 3. The Labute approximate surface area is 166 Å². The summed E-state index contributed by atoms with van der Waals surface area (Å²) in [6, 6.07) is 24.3. The second kappa shape index (κ2) is 7.66. The molecular formula is C23H18N2O2S. The average Bonchev–Trinajstić information content (AvgIpc) is 3.16. The van der Waals surface area contributed by atoms with Crippen molar-refractivity contribution in [3.63, 3.8) is 0 Å². The SMILES string of the molecule is Cc1c(NC(=O)c2ccccc2)cccc1NC(=O)c1cc2ccccc2s1. The van der Waals surface area contributed by atoms with E-state index in [4.69, 9.17) is 0 Å². The first-order valence-electron chi connectivity index (χ1n) is 8.88. The molecule has 1 aromatic heterocycles. The minimum atomic E-state index is -0.184. The molecule has 4 aromatic rings. The molecule has 5 heteroatoms. The number of amides is 2. The average molecular weight is 386 g/mol. The molecule has 138 valence electrons. The Morgan fingerprint density at radius 1 is 0.750 bits per heavy atom. The molecule has 4 rings (SSSR count). The summed E-state index contributed by atoms with van der Waals surface area (Å²) in [5.41, 5.74) is 2.74. The number of hydrogen-bond donors (Lipinski definition) is 2. The summed E-state index contributed by atoms with van der Waals surface area (Å²) in [5, 5.41) is 6.93. The fourth-order valence-corrected chi connectivity index (χ4v) is 3.93. The molecule has 0 saturated carbocycles. The summed E-state index contributed by atoms with van der Waals surface area (Å²) in [7, 11) is 0. The van der Waals surface area contributed by atoms with Crippen molar-refractivity contribution in [3.8, 4) is 0 Å². The van der Waals surface area contributed by atoms with Gasteiger partial charge in [0.1, 0.15) is 0 Å². The van der Waals surface area contributed by atoms with Crippen molar-refractivity contribution >= 4 is 44.6 Å². The lowest BCUT2D eigenvalue weighted by molar-refractivity contribution is 0.102. The van der Waals surface area contributed by atoms with E-state index >= 15 is 0 Å². The summed E-state index contributed by atoms with van der Waals surface area (Å²) in [5.74, 6) is -0.340. The third-order valence-electron chi connectivity index (χ3n) is 4.52. The standard InChI is InChI=1S/C23H18N2O2S/c1-15-18(24-22(26)16-8-3-2-4-9-16)11-7-12-19(15)25-23(27)21-14-17-10-5-6-13-20(17)28-21/h2-14H,1H3,(H,24,26)(H,25,27). The van der Waals surface area contributed by atoms with E-state index in [-0.39, 0.29) is 11.8 Å². The molecule has 3 aromatic carbocycles. The van der Waals surface area contributed by atoms with Crippen LogP contribution in [0, 0.1) is 6.92 Å². The lowest BCUT2D eigenvalue weighted by Crippen LogP contribution is -2.15. The number of thiophene rings is 1. The predicted molar refractivity (Wildman–Crippen MR) is 115 cm³/mol. The summed E-state index contributed by atoms with van der Waals surface area (Å²) in [6.07, 6.45) is 0. The third kappa shape index (κ3) is 3.66. The smallest absolute Gasteiger partial charge is 0.265 e. The van der Waals surface area contributed by atoms with E-state index in [1.807, 2.05) is 73.7 Å². The number of anilines is 2. The zero-order valence-corrected chi connectivity index (χ0v) is 16.0. The minimum Gasteiger partial charge on any atom is -0.322 e. The molecule has 0 radical (unpaired) electrons. The van der Waals surface area contributed by atoms with Crippen LogP contribution in [0.1, 0.15) is 25.6 Å². The molecule has 1 heterocycles. The highest BCUT2D eigenvalue weighted by Gasteiger charge is 2.14. The summed E-state index contributed by atoms with van der Waals surface area (Å²) in [6.45, 7) is 1.88. The molecule has 4 nitrogen and oxygen atoms in total. The van der Waals surface area contributed by atoms with Gasteiger partial charge in [-0.2, -0.15) is 0 Å². The van der Waals surface area contributed by atoms with Gasteiger partial charge in [-0.25, -0.2) is 0 Å². The van der Waals surface area contributed by atoms with Crippen molar-refractivity contribution < 1.29 is 9.59 Å². The first kappa shape index (κ1) is 17.9. The maximum Gasteiger partial charge on any atom is 0.265 e. The van der Waals surface area contributed by atoms with Gasteiger partial charge in [0.05, 0.1) is 4.88 Å². The van der Waals surface area contributed by atoms with Gasteiger partial charge < -0.3 is 10.6 Å². The van der Waals surface area contributed by atoms with Crippen LogP contribution in [0.15, 0.2) is 78.9 Å². The van der Waals surface area contributed by atoms with Crippen LogP contribution in [-0.4, -0.2) is 11.8 Å². The molecule has 0 spiro atoms. The van der Waals surface area contributed by atoms with Gasteiger partial charge in [0, 0.05) is 21.6 Å². The van der Waals surface area contributed by atoms with Crippen molar-refractivity contribution in [2.24, 2.45) is 0 Å². The van der Waals surface area contributed by atoms with Gasteiger partial charge >= 0.3 is 0 Å². The van der Waals surface area contributed by atoms with Crippen LogP contribution < -0.4 is 10.6 Å². The molecule has 2 amide bonds. The number of hydrogen-bond acceptors (Lipinski definition) is 3. The van der Waals surface area contributed by atoms with Crippen LogP contribution in [-0.2, 0) is 0 Å². The largest absolute Gasteiger partial charge is 0.322 e. The second-order valence-electron chi connectivity index (χ2n) is 6.40. The van der Waals surface area contributed by atoms with Gasteiger partial charge in [-0.1, -0.05) is 42.5 Å². The topological polar surface area (TPSA) is 58.2 Å². The fraction of sp³-hybridized carbons (Fsp3) is 0.0435. The van der Waals surface area contributed by atoms with Gasteiger partial charge in [-0.05, 0) is 54.3 Å². The van der Waals surface area contributed by atoms with Gasteiger partial charge in [0.15, 0.2) is 0 Å². The molecule has 28 heavy (non-hydrogen) atoms. The van der Waals surface area contributed by atoms with E-state index in [1.165, 1.54) is 11.3 Å². The molecule has 0 bridgehead atoms. The molecule has 0 atom stereocenters. The minimum absolute atomic E-state index is 0.157. The quantitative estimate of drug-likeness (QED) is 0.472. The predicted octanol–water partition coefficient (Wildman–Crippen LogP) is 5.71. The van der Waals surface area contributed by atoms with Crippen molar-refractivity contribution in [2.45, 2.75) is 6.92 Å². The molecule has 0 saturated heterocycles. The van der Waals surface area contributed by atoms with E-state index in [1.54, 1.807) is 12.1 Å². The van der Waals surface area contributed by atoms with Crippen LogP contribution in [0.25, 0.3) is 10.1 Å². The number of rotatable bonds is 4. The first-order valence-corrected chi connectivity index (χ1v) is 9.69. The zero-order valence-electron chi connectivity index (χ0n) is 15.2. The van der Waals surface area contributed by atoms with Crippen LogP contribution in [0.3, 0.4) is 0 Å². The Morgan fingerprint density at radius 3 is 2.11 bits per heavy atom. The first-order chi connectivity index (χ1) is 13.6. The molecule has 0 unspecified atom stereocenters. The maximum absolute atomic E-state index is 12.7. The summed E-state index contributed by atoms with van der Waals surface area (Å²) < 4.78 is 1.08. The normalized spacial score (nSPS) is 10.6. The van der Waals surface area contributed by atoms with Gasteiger partial charge in [0.25, 0.3) is 11.8 Å². The highest BCUT2D eigenvalue weighted by atomic mass is 32.1. The molecule has 0 aliphatic rings. The van der Waals surface area contributed by atoms with Crippen molar-refractivity contribution in [3.05, 3.63) is 94.9 Å². The number of carbonyl (C=O) groups excluding carboxylic acids is 2. The van der Waals surface area contributed by atoms with Gasteiger partial charge in [0.2, 0.25) is 0 Å². The molecule has 0 aliphatic carbocycles. The lowest BCUT2D eigenvalue weighted by atomic mass is 10.1. The van der Waals surface area contributed by atoms with E-state index in [9.17, 15) is 9.59 Å². The molecule has 0 fully saturated rings. The number of fused-ring (bicyclic) bond motifs is 1. The fourth-order valence-electron chi connectivity index (χ4n) is 2.97. The Morgan fingerprint density at radius 2 is 1.39 bits per heavy atom. The Balaban J connectivity index is 1.54. The maximum atomic E-state index is 12.7. The van der Waals surface area contributed by atoms with Crippen LogP contribution in [0.5, 0.6) is 0 Å². The summed E-state index contributed by atoms with van der Waals surface area (Å²) in [4.78, 5) is 25.8. The molecule has 0 aliphatic heterocycles. The van der Waals surface area contributed by atoms with E-state index in [0.29, 0.717) is 21.8 Å². The highest BCUT2D eigenvalue weighted by Crippen LogP contribution is 2.28. The van der Waals surface area contributed by atoms with Crippen LogP contribution in [0.2, 0.25) is 0 Å². The lowest BCUT2D eigenvalue weighted by Gasteiger charge is -2.13. The van der Waals surface area contributed by atoms with Gasteiger partial charge in [-0.15, -0.1) is 11.3 Å². The Hall–Kier alpha value is -3.44. The molecule has 2 N–H and O–H groups in total. The van der Waals surface area contributed by atoms with Crippen molar-refractivity contribution in [2.75, 3.05) is 10.6 Å². The van der Waals surface area contributed by atoms with E-state index in [0.717, 1.165) is 15.6 Å². The van der Waals surface area contributed by atoms with Crippen LogP contribution in [0.4, 0.5) is 11.4 Å². The van der Waals surface area contributed by atoms with Crippen molar-refractivity contribution in [1.29, 1.82) is 0 Å². The Bertz CT molecular complexity index is 1130. The van der Waals surface area contributed by atoms with Crippen LogP contribution >= 0.6 is 11.3 Å². The third-order valence-corrected chi connectivity index (χ3v) is 5.63. The van der Waals surface area contributed by atoms with E-state index < -0.39 is 0 Å². The summed E-state index contributed by atoms with van der Waals surface area (Å²) >= 11 is 1.46. The van der Waals surface area contributed by atoms with Gasteiger partial charge in [-0.3, -0.25) is 9.59 Å². The van der Waals surface area contributed by atoms with Crippen molar-refractivity contribution in [1.82, 2.24) is 0 Å².